The zero-order chi connectivity index (χ0) is 7.15. The number of hydrogen-bond donors (Lipinski definition) is 0. The Balaban J connectivity index is -0.0000000171. The Labute approximate surface area is 87.6 Å². The van der Waals surface area contributed by atoms with E-state index in [9.17, 15) is 0 Å². The zero-order valence-electron chi connectivity index (χ0n) is 5.95. The third-order valence-electron chi connectivity index (χ3n) is 0. The molecule has 11 heavy (non-hydrogen) atoms. The van der Waals surface area contributed by atoms with Gasteiger partial charge in [-0.05, 0) is 13.8 Å². The van der Waals surface area contributed by atoms with Crippen LogP contribution in [0.4, 0.5) is 0 Å². The fourth-order valence-corrected chi connectivity index (χ4v) is 0. The summed E-state index contributed by atoms with van der Waals surface area (Å²) in [6, 6.07) is 0. The van der Waals surface area contributed by atoms with Crippen LogP contribution >= 0.6 is 0 Å². The van der Waals surface area contributed by atoms with Crippen molar-refractivity contribution in [2.45, 2.75) is 13.8 Å². The van der Waals surface area contributed by atoms with Crippen molar-refractivity contribution < 1.29 is 61.9 Å². The maximum atomic E-state index is 8.89. The van der Waals surface area contributed by atoms with Crippen molar-refractivity contribution in [2.24, 2.45) is 0 Å². The van der Waals surface area contributed by atoms with Gasteiger partial charge in [-0.25, -0.2) is 0 Å². The summed E-state index contributed by atoms with van der Waals surface area (Å²) in [5.41, 5.74) is 0. The predicted molar refractivity (Wildman–Crippen MR) is 22.7 cm³/mol. The Morgan fingerprint density at radius 2 is 0.909 bits per heavy atom. The van der Waals surface area contributed by atoms with Gasteiger partial charge in [0.2, 0.25) is 0 Å². The Kier molecular flexibility index (Phi) is 62.8. The second kappa shape index (κ2) is 22.5. The van der Waals surface area contributed by atoms with Crippen LogP contribution < -0.4 is 10.2 Å². The molecule has 68 valence electrons. The van der Waals surface area contributed by atoms with Gasteiger partial charge in [-0.3, -0.25) is 0 Å². The zero-order valence-corrected chi connectivity index (χ0v) is 10.1. The van der Waals surface area contributed by atoms with Crippen LogP contribution in [0.15, 0.2) is 0 Å². The van der Waals surface area contributed by atoms with Gasteiger partial charge in [0.15, 0.2) is 0 Å². The second-order valence-corrected chi connectivity index (χ2v) is 0.983. The van der Waals surface area contributed by atoms with E-state index in [4.69, 9.17) is 19.8 Å². The summed E-state index contributed by atoms with van der Waals surface area (Å²) in [6.45, 7) is 1.94. The van der Waals surface area contributed by atoms with E-state index in [-0.39, 0.29) is 42.1 Å². The first-order valence-electron chi connectivity index (χ1n) is 1.82. The minimum atomic E-state index is -1.08. The molecule has 0 amide bonds. The Morgan fingerprint density at radius 1 is 0.909 bits per heavy atom. The molecular formula is C4H6O6U-6. The van der Waals surface area contributed by atoms with Gasteiger partial charge in [0, 0.05) is 43.1 Å². The topological polar surface area (TPSA) is 137 Å². The maximum Gasteiger partial charge on any atom is 0.0383 e. The van der Waals surface area contributed by atoms with Crippen LogP contribution in [0.25, 0.3) is 0 Å². The summed E-state index contributed by atoms with van der Waals surface area (Å²) in [7, 11) is 0. The summed E-state index contributed by atoms with van der Waals surface area (Å²) in [6.07, 6.45) is 0. The number of carboxylic acid groups (broad SMARTS) is 2. The Bertz CT molecular complexity index is 72.6. The first kappa shape index (κ1) is 30.7. The molecule has 0 spiro atoms. The molecule has 6 nitrogen and oxygen atoms in total. The van der Waals surface area contributed by atoms with Crippen LogP contribution in [0.3, 0.4) is 0 Å². The van der Waals surface area contributed by atoms with Crippen LogP contribution in [0.5, 0.6) is 0 Å². The molecule has 0 aromatic heterocycles. The van der Waals surface area contributed by atoms with Crippen molar-refractivity contribution in [1.29, 1.82) is 0 Å². The summed E-state index contributed by atoms with van der Waals surface area (Å²) < 4.78 is 0. The molecule has 0 atom stereocenters. The summed E-state index contributed by atoms with van der Waals surface area (Å²) in [5.74, 6) is -2.17. The first-order valence-corrected chi connectivity index (χ1v) is 1.82. The van der Waals surface area contributed by atoms with E-state index >= 15 is 0 Å². The van der Waals surface area contributed by atoms with E-state index in [0.717, 1.165) is 13.8 Å². The van der Waals surface area contributed by atoms with Crippen LogP contribution in [-0.4, -0.2) is 11.9 Å². The molecule has 0 radical (unpaired) electrons. The molecule has 0 rings (SSSR count). The van der Waals surface area contributed by atoms with Gasteiger partial charge in [0.05, 0.1) is 0 Å². The van der Waals surface area contributed by atoms with E-state index in [1.165, 1.54) is 0 Å². The largest absolute Gasteiger partial charge is 2.00 e. The predicted octanol–water partition coefficient (Wildman–Crippen LogP) is -2.73. The Morgan fingerprint density at radius 3 is 0.909 bits per heavy atom. The van der Waals surface area contributed by atoms with Crippen molar-refractivity contribution in [3.8, 4) is 0 Å². The molecule has 0 aliphatic heterocycles. The molecule has 0 N–H and O–H groups in total. The average Bonchev–Trinajstić information content (AvgIpc) is 1.25. The SMILES string of the molecule is CC(=O)[O-].CC(=O)[O-].[O-2].[O-2].[U]. The summed E-state index contributed by atoms with van der Waals surface area (Å²) in [4.78, 5) is 17.8. The maximum absolute atomic E-state index is 8.89. The summed E-state index contributed by atoms with van der Waals surface area (Å²) in [5, 5.41) is 17.8. The number of carbonyl (C=O) groups excluding carboxylic acids is 2. The smallest absolute Gasteiger partial charge is 0.0383 e. The molecular weight excluding hydrogens is 382 g/mol. The summed E-state index contributed by atoms with van der Waals surface area (Å²) >= 11 is 0. The number of aliphatic carboxylic acids is 2. The molecule has 0 aliphatic rings. The molecule has 0 saturated heterocycles. The van der Waals surface area contributed by atoms with E-state index in [2.05, 4.69) is 0 Å². The van der Waals surface area contributed by atoms with E-state index in [1.54, 1.807) is 0 Å². The van der Waals surface area contributed by atoms with Crippen LogP contribution in [-0.2, 0) is 20.5 Å². The second-order valence-electron chi connectivity index (χ2n) is 0.983. The average molecular weight is 388 g/mol. The van der Waals surface area contributed by atoms with Crippen molar-refractivity contribution in [3.63, 3.8) is 0 Å². The van der Waals surface area contributed by atoms with Crippen LogP contribution in [0.1, 0.15) is 13.8 Å². The standard InChI is InChI=1S/2C2H4O2.2O.U/c2*1-2(3)4;;;/h2*1H3,(H,3,4);;;/q;;2*-2;/p-2. The molecule has 0 aromatic rings. The minimum Gasteiger partial charge on any atom is -2.00 e. The fourth-order valence-electron chi connectivity index (χ4n) is 0. The minimum absolute atomic E-state index is 0. The first-order chi connectivity index (χ1) is 3.46. The Hall–Kier alpha value is -0.0881. The van der Waals surface area contributed by atoms with Gasteiger partial charge in [-0.1, -0.05) is 0 Å². The third kappa shape index (κ3) is 80000. The van der Waals surface area contributed by atoms with Crippen molar-refractivity contribution in [3.05, 3.63) is 0 Å². The monoisotopic (exact) mass is 388 g/mol. The normalized spacial score (nSPS) is 4.55. The molecule has 0 aromatic carbocycles. The number of rotatable bonds is 0. The molecule has 0 unspecified atom stereocenters. The van der Waals surface area contributed by atoms with Crippen molar-refractivity contribution in [2.75, 3.05) is 0 Å². The van der Waals surface area contributed by atoms with Gasteiger partial charge >= 0.3 is 0 Å². The van der Waals surface area contributed by atoms with Crippen molar-refractivity contribution >= 4 is 11.9 Å². The molecule has 0 bridgehead atoms. The quantitative estimate of drug-likeness (QED) is 0.445. The molecule has 0 saturated carbocycles. The van der Waals surface area contributed by atoms with Gasteiger partial charge in [0.1, 0.15) is 0 Å². The third-order valence-corrected chi connectivity index (χ3v) is 0. The fraction of sp³-hybridized carbons (Fsp3) is 0.500. The van der Waals surface area contributed by atoms with Gasteiger partial charge in [-0.2, -0.15) is 0 Å². The van der Waals surface area contributed by atoms with Crippen LogP contribution in [0.2, 0.25) is 0 Å². The number of carboxylic acids is 2. The number of hydrogen-bond acceptors (Lipinski definition) is 4. The number of carbonyl (C=O) groups is 2. The van der Waals surface area contributed by atoms with Gasteiger partial charge in [-0.15, -0.1) is 0 Å². The van der Waals surface area contributed by atoms with E-state index in [1.807, 2.05) is 0 Å². The van der Waals surface area contributed by atoms with Gasteiger partial charge in [0.25, 0.3) is 0 Å². The van der Waals surface area contributed by atoms with Crippen LogP contribution in [0, 0.1) is 31.1 Å². The molecule has 0 aliphatic carbocycles. The van der Waals surface area contributed by atoms with E-state index < -0.39 is 11.9 Å². The van der Waals surface area contributed by atoms with Crippen molar-refractivity contribution in [1.82, 2.24) is 0 Å². The molecule has 0 fully saturated rings. The molecule has 7 heteroatoms. The molecule has 0 heterocycles. The van der Waals surface area contributed by atoms with E-state index in [0.29, 0.717) is 0 Å². The van der Waals surface area contributed by atoms with Gasteiger partial charge < -0.3 is 30.8 Å².